The van der Waals surface area contributed by atoms with Gasteiger partial charge in [-0.2, -0.15) is 0 Å². The fraction of sp³-hybridized carbons (Fsp3) is 0.625. The Hall–Kier alpha value is -0.0300. The molecule has 0 radical (unpaired) electrons. The maximum atomic E-state index is 5.71. The Kier molecular flexibility index (Phi) is 6.88. The van der Waals surface area contributed by atoms with E-state index >= 15 is 0 Å². The molecule has 1 N–H and O–H groups in total. The lowest BCUT2D eigenvalue weighted by atomic mass is 10.2. The van der Waals surface area contributed by atoms with Gasteiger partial charge in [-0.15, -0.1) is 11.8 Å². The molecule has 2 nitrogen and oxygen atoms in total. The SMILES string of the molecule is CC(C)CNCc1ccc(Br)cc1SCC1CCCO1. The summed E-state index contributed by atoms with van der Waals surface area (Å²) in [6.07, 6.45) is 2.87. The highest BCUT2D eigenvalue weighted by Gasteiger charge is 2.16. The molecule has 1 unspecified atom stereocenters. The van der Waals surface area contributed by atoms with E-state index in [0.717, 1.165) is 29.9 Å². The first kappa shape index (κ1) is 16.3. The van der Waals surface area contributed by atoms with Crippen LogP contribution in [0.25, 0.3) is 0 Å². The number of hydrogen-bond acceptors (Lipinski definition) is 3. The number of ether oxygens (including phenoxy) is 1. The largest absolute Gasteiger partial charge is 0.377 e. The Morgan fingerprint density at radius 2 is 2.30 bits per heavy atom. The molecule has 1 fully saturated rings. The van der Waals surface area contributed by atoms with Gasteiger partial charge in [0.2, 0.25) is 0 Å². The Balaban J connectivity index is 1.92. The number of benzene rings is 1. The van der Waals surface area contributed by atoms with Crippen molar-refractivity contribution in [3.63, 3.8) is 0 Å². The van der Waals surface area contributed by atoms with E-state index in [1.54, 1.807) is 0 Å². The second-order valence-electron chi connectivity index (χ2n) is 5.72. The Bertz CT molecular complexity index is 419. The average molecular weight is 358 g/mol. The third kappa shape index (κ3) is 5.40. The molecule has 1 aliphatic rings. The van der Waals surface area contributed by atoms with Gasteiger partial charge < -0.3 is 10.1 Å². The smallest absolute Gasteiger partial charge is 0.0669 e. The van der Waals surface area contributed by atoms with E-state index < -0.39 is 0 Å². The molecule has 1 aliphatic heterocycles. The Morgan fingerprint density at radius 3 is 3.00 bits per heavy atom. The summed E-state index contributed by atoms with van der Waals surface area (Å²) in [5.41, 5.74) is 1.39. The van der Waals surface area contributed by atoms with Crippen molar-refractivity contribution in [1.29, 1.82) is 0 Å². The molecule has 2 rings (SSSR count). The van der Waals surface area contributed by atoms with Gasteiger partial charge in [-0.25, -0.2) is 0 Å². The van der Waals surface area contributed by atoms with E-state index in [4.69, 9.17) is 4.74 Å². The molecule has 0 aliphatic carbocycles. The quantitative estimate of drug-likeness (QED) is 0.727. The third-order valence-corrected chi connectivity index (χ3v) is 5.07. The van der Waals surface area contributed by atoms with Gasteiger partial charge in [0.15, 0.2) is 0 Å². The van der Waals surface area contributed by atoms with E-state index in [9.17, 15) is 0 Å². The third-order valence-electron chi connectivity index (χ3n) is 3.35. The van der Waals surface area contributed by atoms with Crippen molar-refractivity contribution in [2.45, 2.75) is 44.2 Å². The number of hydrogen-bond donors (Lipinski definition) is 1. The summed E-state index contributed by atoms with van der Waals surface area (Å²) < 4.78 is 6.86. The minimum Gasteiger partial charge on any atom is -0.377 e. The standard InChI is InChI=1S/C16H24BrNOS/c1-12(2)9-18-10-13-5-6-14(17)8-16(13)20-11-15-4-3-7-19-15/h5-6,8,12,15,18H,3-4,7,9-11H2,1-2H3. The zero-order valence-corrected chi connectivity index (χ0v) is 14.7. The Labute approximate surface area is 135 Å². The number of rotatable bonds is 7. The highest BCUT2D eigenvalue weighted by atomic mass is 79.9. The van der Waals surface area contributed by atoms with Crippen LogP contribution < -0.4 is 5.32 Å². The van der Waals surface area contributed by atoms with Gasteiger partial charge in [0.1, 0.15) is 0 Å². The lowest BCUT2D eigenvalue weighted by Crippen LogP contribution is -2.19. The van der Waals surface area contributed by atoms with E-state index in [-0.39, 0.29) is 0 Å². The van der Waals surface area contributed by atoms with Crippen LogP contribution in [0.4, 0.5) is 0 Å². The number of nitrogens with one attached hydrogen (secondary N) is 1. The fourth-order valence-corrected chi connectivity index (χ4v) is 3.94. The first-order valence-corrected chi connectivity index (χ1v) is 9.16. The van der Waals surface area contributed by atoms with Crippen LogP contribution >= 0.6 is 27.7 Å². The summed E-state index contributed by atoms with van der Waals surface area (Å²) in [5.74, 6) is 1.75. The van der Waals surface area contributed by atoms with E-state index in [0.29, 0.717) is 12.0 Å². The molecule has 4 heteroatoms. The molecule has 0 bridgehead atoms. The van der Waals surface area contributed by atoms with E-state index in [2.05, 4.69) is 53.3 Å². The molecule has 112 valence electrons. The predicted octanol–water partition coefficient (Wildman–Crippen LogP) is 4.47. The Morgan fingerprint density at radius 1 is 1.45 bits per heavy atom. The molecular weight excluding hydrogens is 334 g/mol. The lowest BCUT2D eigenvalue weighted by molar-refractivity contribution is 0.129. The molecule has 1 heterocycles. The highest BCUT2D eigenvalue weighted by molar-refractivity contribution is 9.10. The van der Waals surface area contributed by atoms with Crippen LogP contribution in [0.5, 0.6) is 0 Å². The van der Waals surface area contributed by atoms with Crippen LogP contribution in [0.1, 0.15) is 32.3 Å². The zero-order valence-electron chi connectivity index (χ0n) is 12.3. The maximum absolute atomic E-state index is 5.71. The van der Waals surface area contributed by atoms with Gasteiger partial charge in [-0.1, -0.05) is 35.8 Å². The van der Waals surface area contributed by atoms with Crippen LogP contribution in [0, 0.1) is 5.92 Å². The van der Waals surface area contributed by atoms with Crippen molar-refractivity contribution in [2.75, 3.05) is 18.9 Å². The van der Waals surface area contributed by atoms with Crippen molar-refractivity contribution >= 4 is 27.7 Å². The van der Waals surface area contributed by atoms with Gasteiger partial charge in [0.05, 0.1) is 6.10 Å². The van der Waals surface area contributed by atoms with Crippen molar-refractivity contribution < 1.29 is 4.74 Å². The summed E-state index contributed by atoms with van der Waals surface area (Å²) in [4.78, 5) is 1.37. The zero-order chi connectivity index (χ0) is 14.4. The molecule has 1 aromatic rings. The normalized spacial score (nSPS) is 18.9. The topological polar surface area (TPSA) is 21.3 Å². The first-order valence-electron chi connectivity index (χ1n) is 7.38. The summed E-state index contributed by atoms with van der Waals surface area (Å²) in [6, 6.07) is 6.57. The van der Waals surface area contributed by atoms with Crippen LogP contribution in [0.2, 0.25) is 0 Å². The summed E-state index contributed by atoms with van der Waals surface area (Å²) >= 11 is 5.50. The van der Waals surface area contributed by atoms with Gasteiger partial charge in [-0.05, 0) is 43.0 Å². The maximum Gasteiger partial charge on any atom is 0.0669 e. The van der Waals surface area contributed by atoms with Crippen molar-refractivity contribution in [2.24, 2.45) is 5.92 Å². The second-order valence-corrected chi connectivity index (χ2v) is 7.70. The molecule has 1 aromatic carbocycles. The van der Waals surface area contributed by atoms with E-state index in [1.807, 2.05) is 11.8 Å². The molecule has 0 saturated carbocycles. The first-order chi connectivity index (χ1) is 9.65. The molecule has 20 heavy (non-hydrogen) atoms. The number of halogens is 1. The minimum absolute atomic E-state index is 0.440. The van der Waals surface area contributed by atoms with Crippen molar-refractivity contribution in [1.82, 2.24) is 5.32 Å². The molecule has 0 spiro atoms. The monoisotopic (exact) mass is 357 g/mol. The molecule has 0 aromatic heterocycles. The van der Waals surface area contributed by atoms with Gasteiger partial charge in [0, 0.05) is 28.3 Å². The fourth-order valence-electron chi connectivity index (χ4n) is 2.26. The number of thioether (sulfide) groups is 1. The highest BCUT2D eigenvalue weighted by Crippen LogP contribution is 2.29. The lowest BCUT2D eigenvalue weighted by Gasteiger charge is -2.14. The van der Waals surface area contributed by atoms with Gasteiger partial charge in [0.25, 0.3) is 0 Å². The van der Waals surface area contributed by atoms with Crippen LogP contribution in [0.15, 0.2) is 27.6 Å². The van der Waals surface area contributed by atoms with Crippen LogP contribution in [-0.2, 0) is 11.3 Å². The molecule has 0 amide bonds. The second kappa shape index (κ2) is 8.42. The van der Waals surface area contributed by atoms with Gasteiger partial charge in [-0.3, -0.25) is 0 Å². The predicted molar refractivity (Wildman–Crippen MR) is 90.4 cm³/mol. The minimum atomic E-state index is 0.440. The van der Waals surface area contributed by atoms with E-state index in [1.165, 1.54) is 23.3 Å². The van der Waals surface area contributed by atoms with Crippen LogP contribution in [0.3, 0.4) is 0 Å². The van der Waals surface area contributed by atoms with Gasteiger partial charge >= 0.3 is 0 Å². The van der Waals surface area contributed by atoms with Crippen LogP contribution in [-0.4, -0.2) is 25.0 Å². The molecular formula is C16H24BrNOS. The van der Waals surface area contributed by atoms with Crippen molar-refractivity contribution in [3.8, 4) is 0 Å². The summed E-state index contributed by atoms with van der Waals surface area (Å²) in [7, 11) is 0. The summed E-state index contributed by atoms with van der Waals surface area (Å²) in [6.45, 7) is 7.42. The summed E-state index contributed by atoms with van der Waals surface area (Å²) in [5, 5.41) is 3.53. The van der Waals surface area contributed by atoms with Crippen molar-refractivity contribution in [3.05, 3.63) is 28.2 Å². The molecule has 1 saturated heterocycles. The molecule has 1 atom stereocenters. The average Bonchev–Trinajstić information content (AvgIpc) is 2.91.